The first-order chi connectivity index (χ1) is 10.1. The van der Waals surface area contributed by atoms with Crippen molar-refractivity contribution < 1.29 is 14.7 Å². The van der Waals surface area contributed by atoms with Gasteiger partial charge in [-0.1, -0.05) is 0 Å². The average molecular weight is 297 g/mol. The predicted molar refractivity (Wildman–Crippen MR) is 80.2 cm³/mol. The molecule has 1 atom stereocenters. The molecule has 1 unspecified atom stereocenters. The van der Waals surface area contributed by atoms with Crippen molar-refractivity contribution in [1.82, 2.24) is 15.1 Å². The van der Waals surface area contributed by atoms with Gasteiger partial charge in [0.05, 0.1) is 6.42 Å². The van der Waals surface area contributed by atoms with Crippen molar-refractivity contribution in [3.8, 4) is 0 Å². The first-order valence-corrected chi connectivity index (χ1v) is 8.01. The third-order valence-corrected chi connectivity index (χ3v) is 4.72. The number of rotatable bonds is 5. The van der Waals surface area contributed by atoms with E-state index < -0.39 is 5.97 Å². The summed E-state index contributed by atoms with van der Waals surface area (Å²) in [5.41, 5.74) is 0. The van der Waals surface area contributed by atoms with Gasteiger partial charge in [0.25, 0.3) is 0 Å². The lowest BCUT2D eigenvalue weighted by Gasteiger charge is -2.29. The number of amides is 2. The number of carboxylic acid groups (broad SMARTS) is 1. The second-order valence-electron chi connectivity index (χ2n) is 6.35. The summed E-state index contributed by atoms with van der Waals surface area (Å²) in [6, 6.07) is -0.225. The van der Waals surface area contributed by atoms with Gasteiger partial charge in [0.15, 0.2) is 0 Å². The Labute approximate surface area is 126 Å². The first-order valence-electron chi connectivity index (χ1n) is 8.01. The van der Waals surface area contributed by atoms with Crippen molar-refractivity contribution in [1.29, 1.82) is 0 Å². The predicted octanol–water partition coefficient (Wildman–Crippen LogP) is 1.37. The molecule has 2 aliphatic rings. The number of aliphatic carboxylic acids is 1. The number of likely N-dealkylation sites (tertiary alicyclic amines) is 2. The van der Waals surface area contributed by atoms with Crippen LogP contribution in [0.25, 0.3) is 0 Å². The quantitative estimate of drug-likeness (QED) is 0.804. The third-order valence-electron chi connectivity index (χ3n) is 4.72. The van der Waals surface area contributed by atoms with E-state index in [1.165, 1.54) is 12.8 Å². The third kappa shape index (κ3) is 4.88. The van der Waals surface area contributed by atoms with Gasteiger partial charge in [-0.25, -0.2) is 4.79 Å². The molecule has 6 nitrogen and oxygen atoms in total. The van der Waals surface area contributed by atoms with E-state index in [2.05, 4.69) is 17.3 Å². The first kappa shape index (κ1) is 16.1. The summed E-state index contributed by atoms with van der Waals surface area (Å²) < 4.78 is 0. The Bertz CT molecular complexity index is 367. The number of nitrogens with one attached hydrogen (secondary N) is 1. The number of carboxylic acids is 1. The zero-order valence-corrected chi connectivity index (χ0v) is 12.9. The van der Waals surface area contributed by atoms with Crippen LogP contribution in [0.2, 0.25) is 0 Å². The maximum Gasteiger partial charge on any atom is 0.317 e. The molecule has 0 saturated carbocycles. The van der Waals surface area contributed by atoms with E-state index in [1.54, 1.807) is 4.90 Å². The normalized spacial score (nSPS) is 24.2. The minimum Gasteiger partial charge on any atom is -0.481 e. The highest BCUT2D eigenvalue weighted by Gasteiger charge is 2.30. The van der Waals surface area contributed by atoms with E-state index in [1.807, 2.05) is 0 Å². The van der Waals surface area contributed by atoms with Crippen molar-refractivity contribution in [2.75, 3.05) is 33.2 Å². The van der Waals surface area contributed by atoms with Crippen molar-refractivity contribution in [2.24, 2.45) is 5.92 Å². The average Bonchev–Trinajstić information content (AvgIpc) is 2.88. The monoisotopic (exact) mass is 297 g/mol. The molecule has 2 aliphatic heterocycles. The maximum atomic E-state index is 12.1. The molecule has 2 fully saturated rings. The molecule has 2 N–H and O–H groups in total. The highest BCUT2D eigenvalue weighted by molar-refractivity contribution is 5.76. The highest BCUT2D eigenvalue weighted by atomic mass is 16.4. The molecule has 0 aliphatic carbocycles. The number of hydrogen-bond donors (Lipinski definition) is 2. The molecule has 2 heterocycles. The minimum atomic E-state index is -0.828. The molecule has 0 spiro atoms. The molecule has 0 aromatic carbocycles. The molecule has 2 rings (SSSR count). The summed E-state index contributed by atoms with van der Waals surface area (Å²) in [5, 5.41) is 11.8. The number of piperidine rings is 1. The smallest absolute Gasteiger partial charge is 0.317 e. The van der Waals surface area contributed by atoms with Gasteiger partial charge in [-0.3, -0.25) is 4.79 Å². The molecule has 2 saturated heterocycles. The van der Waals surface area contributed by atoms with Gasteiger partial charge in [-0.2, -0.15) is 0 Å². The van der Waals surface area contributed by atoms with E-state index in [9.17, 15) is 9.59 Å². The van der Waals surface area contributed by atoms with Crippen molar-refractivity contribution in [3.05, 3.63) is 0 Å². The molecular weight excluding hydrogens is 270 g/mol. The number of carbonyl (C=O) groups is 2. The number of nitrogens with zero attached hydrogens (tertiary/aromatic N) is 2. The van der Waals surface area contributed by atoms with Gasteiger partial charge in [-0.15, -0.1) is 0 Å². The summed E-state index contributed by atoms with van der Waals surface area (Å²) in [7, 11) is 2.15. The van der Waals surface area contributed by atoms with Crippen LogP contribution in [-0.4, -0.2) is 66.2 Å². The van der Waals surface area contributed by atoms with Gasteiger partial charge >= 0.3 is 12.0 Å². The van der Waals surface area contributed by atoms with Crippen LogP contribution in [0.15, 0.2) is 0 Å². The highest BCUT2D eigenvalue weighted by Crippen LogP contribution is 2.21. The molecule has 0 bridgehead atoms. The van der Waals surface area contributed by atoms with Crippen LogP contribution in [0.5, 0.6) is 0 Å². The van der Waals surface area contributed by atoms with E-state index in [-0.39, 0.29) is 18.5 Å². The van der Waals surface area contributed by atoms with Crippen LogP contribution in [0.3, 0.4) is 0 Å². The van der Waals surface area contributed by atoms with E-state index in [4.69, 9.17) is 5.11 Å². The molecule has 0 radical (unpaired) electrons. The van der Waals surface area contributed by atoms with E-state index >= 15 is 0 Å². The van der Waals surface area contributed by atoms with Crippen LogP contribution in [0.4, 0.5) is 4.79 Å². The standard InChI is InChI=1S/C15H27N3O3/c1-17-9-5-12(6-10-17)4-7-16-15(21)18-8-2-3-13(18)11-14(19)20/h12-13H,2-11H2,1H3,(H,16,21)(H,19,20). The number of carbonyl (C=O) groups excluding carboxylic acids is 1. The van der Waals surface area contributed by atoms with Gasteiger partial charge < -0.3 is 20.2 Å². The van der Waals surface area contributed by atoms with Gasteiger partial charge in [0.1, 0.15) is 0 Å². The summed E-state index contributed by atoms with van der Waals surface area (Å²) in [6.07, 6.45) is 5.20. The molecule has 120 valence electrons. The van der Waals surface area contributed by atoms with Gasteiger partial charge in [-0.05, 0) is 58.2 Å². The zero-order chi connectivity index (χ0) is 15.2. The Balaban J connectivity index is 1.68. The fourth-order valence-corrected chi connectivity index (χ4v) is 3.35. The molecule has 6 heteroatoms. The zero-order valence-electron chi connectivity index (χ0n) is 12.9. The van der Waals surface area contributed by atoms with Crippen LogP contribution in [-0.2, 0) is 4.79 Å². The van der Waals surface area contributed by atoms with Crippen LogP contribution < -0.4 is 5.32 Å². The van der Waals surface area contributed by atoms with Gasteiger partial charge in [0.2, 0.25) is 0 Å². The lowest BCUT2D eigenvalue weighted by molar-refractivity contribution is -0.137. The molecule has 2 amide bonds. The van der Waals surface area contributed by atoms with Crippen LogP contribution in [0.1, 0.15) is 38.5 Å². The summed E-state index contributed by atoms with van der Waals surface area (Å²) >= 11 is 0. The van der Waals surface area contributed by atoms with Crippen molar-refractivity contribution in [3.63, 3.8) is 0 Å². The van der Waals surface area contributed by atoms with E-state index in [0.29, 0.717) is 19.0 Å². The largest absolute Gasteiger partial charge is 0.481 e. The molecule has 0 aromatic heterocycles. The Morgan fingerprint density at radius 2 is 1.90 bits per heavy atom. The number of urea groups is 1. The van der Waals surface area contributed by atoms with Crippen molar-refractivity contribution in [2.45, 2.75) is 44.6 Å². The van der Waals surface area contributed by atoms with Gasteiger partial charge in [0, 0.05) is 19.1 Å². The summed E-state index contributed by atoms with van der Waals surface area (Å²) in [5.74, 6) is -0.124. The van der Waals surface area contributed by atoms with Crippen molar-refractivity contribution >= 4 is 12.0 Å². The van der Waals surface area contributed by atoms with E-state index in [0.717, 1.165) is 32.4 Å². The summed E-state index contributed by atoms with van der Waals surface area (Å²) in [6.45, 7) is 3.67. The summed E-state index contributed by atoms with van der Waals surface area (Å²) in [4.78, 5) is 27.0. The fourth-order valence-electron chi connectivity index (χ4n) is 3.35. The second-order valence-corrected chi connectivity index (χ2v) is 6.35. The molecular formula is C15H27N3O3. The Hall–Kier alpha value is -1.30. The number of hydrogen-bond acceptors (Lipinski definition) is 3. The topological polar surface area (TPSA) is 72.9 Å². The fraction of sp³-hybridized carbons (Fsp3) is 0.867. The Kier molecular flexibility index (Phi) is 5.85. The SMILES string of the molecule is CN1CCC(CCNC(=O)N2CCCC2CC(=O)O)CC1. The maximum absolute atomic E-state index is 12.1. The van der Waals surface area contributed by atoms with Crippen LogP contribution >= 0.6 is 0 Å². The Morgan fingerprint density at radius 1 is 1.19 bits per heavy atom. The van der Waals surface area contributed by atoms with Crippen LogP contribution in [0, 0.1) is 5.92 Å². The Morgan fingerprint density at radius 3 is 2.57 bits per heavy atom. The molecule has 21 heavy (non-hydrogen) atoms. The second kappa shape index (κ2) is 7.64. The minimum absolute atomic E-state index is 0.0579. The lowest BCUT2D eigenvalue weighted by Crippen LogP contribution is -2.44. The lowest BCUT2D eigenvalue weighted by atomic mass is 9.94. The molecule has 0 aromatic rings.